The fourth-order valence-electron chi connectivity index (χ4n) is 1.45. The highest BCUT2D eigenvalue weighted by Crippen LogP contribution is 2.21. The fraction of sp³-hybridized carbons (Fsp3) is 0.583. The maximum atomic E-state index is 11.9. The molecule has 0 saturated heterocycles. The maximum absolute atomic E-state index is 11.9. The second-order valence-corrected chi connectivity index (χ2v) is 4.06. The highest BCUT2D eigenvalue weighted by Gasteiger charge is 2.25. The molecule has 0 bridgehead atoms. The van der Waals surface area contributed by atoms with E-state index < -0.39 is 18.6 Å². The van der Waals surface area contributed by atoms with Crippen molar-refractivity contribution < 1.29 is 22.7 Å². The van der Waals surface area contributed by atoms with Crippen molar-refractivity contribution in [3.05, 3.63) is 17.5 Å². The van der Waals surface area contributed by atoms with Crippen LogP contribution in [-0.2, 0) is 4.74 Å². The zero-order chi connectivity index (χ0) is 15.2. The van der Waals surface area contributed by atoms with E-state index in [2.05, 4.69) is 15.3 Å². The van der Waals surface area contributed by atoms with Crippen LogP contribution in [0.25, 0.3) is 0 Å². The number of carbonyl (C=O) groups is 1. The van der Waals surface area contributed by atoms with Crippen LogP contribution in [0.15, 0.2) is 6.20 Å². The van der Waals surface area contributed by atoms with Crippen LogP contribution in [0.5, 0.6) is 0 Å². The molecule has 0 aromatic carbocycles. The molecule has 0 radical (unpaired) electrons. The molecular formula is C12H16F3N3O2. The summed E-state index contributed by atoms with van der Waals surface area (Å²) in [6, 6.07) is 0. The Morgan fingerprint density at radius 3 is 2.70 bits per heavy atom. The van der Waals surface area contributed by atoms with Gasteiger partial charge in [-0.25, -0.2) is 14.8 Å². The molecular weight excluding hydrogens is 275 g/mol. The summed E-state index contributed by atoms with van der Waals surface area (Å²) in [6.07, 6.45) is -3.79. The molecule has 112 valence electrons. The minimum atomic E-state index is -4.16. The van der Waals surface area contributed by atoms with Gasteiger partial charge in [-0.1, -0.05) is 0 Å². The van der Waals surface area contributed by atoms with Gasteiger partial charge in [0.1, 0.15) is 0 Å². The van der Waals surface area contributed by atoms with E-state index in [1.54, 1.807) is 13.8 Å². The van der Waals surface area contributed by atoms with Crippen LogP contribution in [0, 0.1) is 6.92 Å². The molecule has 1 N–H and O–H groups in total. The number of ether oxygens (including phenoxy) is 1. The van der Waals surface area contributed by atoms with Crippen molar-refractivity contribution in [2.45, 2.75) is 32.9 Å². The van der Waals surface area contributed by atoms with Gasteiger partial charge in [0.15, 0.2) is 0 Å². The predicted octanol–water partition coefficient (Wildman–Crippen LogP) is 2.72. The van der Waals surface area contributed by atoms with Crippen molar-refractivity contribution in [2.75, 3.05) is 18.5 Å². The highest BCUT2D eigenvalue weighted by atomic mass is 19.4. The molecule has 20 heavy (non-hydrogen) atoms. The Kier molecular flexibility index (Phi) is 5.72. The summed E-state index contributed by atoms with van der Waals surface area (Å²) in [5.41, 5.74) is 0.657. The van der Waals surface area contributed by atoms with E-state index in [0.717, 1.165) is 0 Å². The lowest BCUT2D eigenvalue weighted by Gasteiger charge is -2.09. The van der Waals surface area contributed by atoms with Gasteiger partial charge in [-0.2, -0.15) is 13.2 Å². The number of anilines is 1. The van der Waals surface area contributed by atoms with Crippen LogP contribution < -0.4 is 5.32 Å². The number of esters is 1. The van der Waals surface area contributed by atoms with Gasteiger partial charge in [0, 0.05) is 19.2 Å². The van der Waals surface area contributed by atoms with Gasteiger partial charge < -0.3 is 10.1 Å². The van der Waals surface area contributed by atoms with E-state index in [1.165, 1.54) is 6.20 Å². The smallest absolute Gasteiger partial charge is 0.389 e. The molecule has 8 heteroatoms. The molecule has 1 rings (SSSR count). The third-order valence-electron chi connectivity index (χ3n) is 2.39. The summed E-state index contributed by atoms with van der Waals surface area (Å²) >= 11 is 0. The molecule has 0 fully saturated rings. The van der Waals surface area contributed by atoms with Crippen LogP contribution >= 0.6 is 0 Å². The molecule has 1 heterocycles. The average molecular weight is 291 g/mol. The van der Waals surface area contributed by atoms with Gasteiger partial charge in [0.2, 0.25) is 5.95 Å². The third-order valence-corrected chi connectivity index (χ3v) is 2.39. The molecule has 0 unspecified atom stereocenters. The topological polar surface area (TPSA) is 64.1 Å². The summed E-state index contributed by atoms with van der Waals surface area (Å²) in [6.45, 7) is 3.65. The Bertz CT molecular complexity index is 464. The first-order chi connectivity index (χ1) is 9.33. The summed E-state index contributed by atoms with van der Waals surface area (Å²) in [5, 5.41) is 2.68. The summed E-state index contributed by atoms with van der Waals surface area (Å²) < 4.78 is 40.7. The molecule has 1 aromatic rings. The Hall–Kier alpha value is -1.86. The van der Waals surface area contributed by atoms with Gasteiger partial charge in [0.25, 0.3) is 0 Å². The van der Waals surface area contributed by atoms with Crippen LogP contribution in [0.1, 0.15) is 35.8 Å². The quantitative estimate of drug-likeness (QED) is 0.645. The zero-order valence-electron chi connectivity index (χ0n) is 11.3. The average Bonchev–Trinajstić information content (AvgIpc) is 2.34. The number of alkyl halides is 3. The largest absolute Gasteiger partial charge is 0.462 e. The van der Waals surface area contributed by atoms with Crippen LogP contribution in [0.3, 0.4) is 0 Å². The Labute approximate surface area is 114 Å². The number of nitrogens with one attached hydrogen (secondary N) is 1. The minimum Gasteiger partial charge on any atom is -0.462 e. The van der Waals surface area contributed by atoms with Crippen molar-refractivity contribution in [3.63, 3.8) is 0 Å². The summed E-state index contributed by atoms with van der Waals surface area (Å²) in [5.74, 6) is -0.327. The van der Waals surface area contributed by atoms with E-state index in [1.807, 2.05) is 0 Å². The van der Waals surface area contributed by atoms with Gasteiger partial charge in [-0.05, 0) is 20.3 Å². The first kappa shape index (κ1) is 16.2. The SMILES string of the molecule is CCOC(=O)c1cnc(NCCCC(F)(F)F)nc1C. The normalized spacial score (nSPS) is 11.2. The minimum absolute atomic E-state index is 0.0640. The van der Waals surface area contributed by atoms with Crippen molar-refractivity contribution in [3.8, 4) is 0 Å². The molecule has 0 saturated carbocycles. The number of hydrogen-bond acceptors (Lipinski definition) is 5. The number of rotatable bonds is 6. The summed E-state index contributed by atoms with van der Waals surface area (Å²) in [7, 11) is 0. The van der Waals surface area contributed by atoms with E-state index in [0.29, 0.717) is 5.69 Å². The number of nitrogens with zero attached hydrogens (tertiary/aromatic N) is 2. The van der Waals surface area contributed by atoms with Crippen molar-refractivity contribution >= 4 is 11.9 Å². The second-order valence-electron chi connectivity index (χ2n) is 4.06. The Balaban J connectivity index is 2.53. The Morgan fingerprint density at radius 1 is 1.45 bits per heavy atom. The first-order valence-electron chi connectivity index (χ1n) is 6.15. The van der Waals surface area contributed by atoms with E-state index in [9.17, 15) is 18.0 Å². The molecule has 0 aliphatic rings. The monoisotopic (exact) mass is 291 g/mol. The third kappa shape index (κ3) is 5.41. The van der Waals surface area contributed by atoms with Crippen molar-refractivity contribution in [2.24, 2.45) is 0 Å². The number of aryl methyl sites for hydroxylation is 1. The fourth-order valence-corrected chi connectivity index (χ4v) is 1.45. The molecule has 0 amide bonds. The zero-order valence-corrected chi connectivity index (χ0v) is 11.3. The second kappa shape index (κ2) is 7.06. The number of aromatic nitrogens is 2. The van der Waals surface area contributed by atoms with Crippen molar-refractivity contribution in [1.29, 1.82) is 0 Å². The standard InChI is InChI=1S/C12H16F3N3O2/c1-3-20-10(19)9-7-17-11(18-8(9)2)16-6-4-5-12(13,14)15/h7H,3-6H2,1-2H3,(H,16,17,18). The maximum Gasteiger partial charge on any atom is 0.389 e. The first-order valence-corrected chi connectivity index (χ1v) is 6.15. The van der Waals surface area contributed by atoms with Crippen LogP contribution in [0.2, 0.25) is 0 Å². The van der Waals surface area contributed by atoms with Crippen LogP contribution in [-0.4, -0.2) is 35.3 Å². The molecule has 5 nitrogen and oxygen atoms in total. The predicted molar refractivity (Wildman–Crippen MR) is 66.5 cm³/mol. The number of carbonyl (C=O) groups excluding carboxylic acids is 1. The lowest BCUT2D eigenvalue weighted by Crippen LogP contribution is -2.14. The van der Waals surface area contributed by atoms with Crippen LogP contribution in [0.4, 0.5) is 19.1 Å². The Morgan fingerprint density at radius 2 is 2.15 bits per heavy atom. The van der Waals surface area contributed by atoms with Crippen molar-refractivity contribution in [1.82, 2.24) is 9.97 Å². The molecule has 0 atom stereocenters. The van der Waals surface area contributed by atoms with E-state index in [-0.39, 0.29) is 31.1 Å². The molecule has 0 spiro atoms. The van der Waals surface area contributed by atoms with E-state index >= 15 is 0 Å². The lowest BCUT2D eigenvalue weighted by atomic mass is 10.2. The van der Waals surface area contributed by atoms with Gasteiger partial charge >= 0.3 is 12.1 Å². The molecule has 0 aliphatic heterocycles. The highest BCUT2D eigenvalue weighted by molar-refractivity contribution is 5.90. The van der Waals surface area contributed by atoms with Gasteiger partial charge in [0.05, 0.1) is 17.9 Å². The summed E-state index contributed by atoms with van der Waals surface area (Å²) in [4.78, 5) is 19.4. The van der Waals surface area contributed by atoms with Gasteiger partial charge in [-0.15, -0.1) is 0 Å². The lowest BCUT2D eigenvalue weighted by molar-refractivity contribution is -0.134. The number of hydrogen-bond donors (Lipinski definition) is 1. The molecule has 0 aliphatic carbocycles. The molecule has 1 aromatic heterocycles. The van der Waals surface area contributed by atoms with E-state index in [4.69, 9.17) is 4.74 Å². The van der Waals surface area contributed by atoms with Gasteiger partial charge in [-0.3, -0.25) is 0 Å². The number of halogens is 3.